The molecule has 2 rings (SSSR count). The van der Waals surface area contributed by atoms with E-state index in [-0.39, 0.29) is 0 Å². The molecule has 0 saturated carbocycles. The van der Waals surface area contributed by atoms with Gasteiger partial charge in [0.2, 0.25) is 0 Å². The first-order chi connectivity index (χ1) is 9.06. The Bertz CT molecular complexity index is 564. The summed E-state index contributed by atoms with van der Waals surface area (Å²) in [5.41, 5.74) is 2.91. The van der Waals surface area contributed by atoms with Crippen LogP contribution in [-0.2, 0) is 6.61 Å². The first-order valence-electron chi connectivity index (χ1n) is 6.22. The Balaban J connectivity index is 2.17. The topological polar surface area (TPSA) is 29.5 Å². The standard InChI is InChI=1S/C16H17ClO2/c1-11-6-7-15(12(2)18)16(8-11)19-10-13-4-3-5-14(17)9-13/h3-9,12,18H,10H2,1-2H3/t12-/m1/s1. The van der Waals surface area contributed by atoms with Crippen molar-refractivity contribution in [3.63, 3.8) is 0 Å². The van der Waals surface area contributed by atoms with Crippen molar-refractivity contribution in [3.8, 4) is 5.75 Å². The van der Waals surface area contributed by atoms with Gasteiger partial charge in [-0.15, -0.1) is 0 Å². The molecule has 1 N–H and O–H groups in total. The van der Waals surface area contributed by atoms with Crippen molar-refractivity contribution in [2.75, 3.05) is 0 Å². The van der Waals surface area contributed by atoms with E-state index in [0.29, 0.717) is 11.6 Å². The maximum atomic E-state index is 9.74. The van der Waals surface area contributed by atoms with E-state index in [1.807, 2.05) is 49.4 Å². The number of aryl methyl sites for hydroxylation is 1. The average Bonchev–Trinajstić information content (AvgIpc) is 2.36. The monoisotopic (exact) mass is 276 g/mol. The Hall–Kier alpha value is -1.51. The quantitative estimate of drug-likeness (QED) is 0.903. The van der Waals surface area contributed by atoms with Gasteiger partial charge in [-0.3, -0.25) is 0 Å². The minimum atomic E-state index is -0.546. The van der Waals surface area contributed by atoms with Crippen LogP contribution < -0.4 is 4.74 Å². The summed E-state index contributed by atoms with van der Waals surface area (Å²) in [5, 5.41) is 10.4. The molecule has 0 radical (unpaired) electrons. The van der Waals surface area contributed by atoms with Crippen LogP contribution in [0.2, 0.25) is 5.02 Å². The molecule has 0 aromatic heterocycles. The lowest BCUT2D eigenvalue weighted by Gasteiger charge is -2.14. The van der Waals surface area contributed by atoms with Gasteiger partial charge in [-0.25, -0.2) is 0 Å². The molecule has 0 saturated heterocycles. The Morgan fingerprint density at radius 2 is 2.00 bits per heavy atom. The summed E-state index contributed by atoms with van der Waals surface area (Å²) in [5.74, 6) is 0.718. The smallest absolute Gasteiger partial charge is 0.125 e. The van der Waals surface area contributed by atoms with Gasteiger partial charge in [-0.05, 0) is 43.2 Å². The van der Waals surface area contributed by atoms with Crippen molar-refractivity contribution in [1.82, 2.24) is 0 Å². The Morgan fingerprint density at radius 1 is 1.21 bits per heavy atom. The highest BCUT2D eigenvalue weighted by Crippen LogP contribution is 2.27. The summed E-state index contributed by atoms with van der Waals surface area (Å²) >= 11 is 5.94. The second-order valence-corrected chi connectivity index (χ2v) is 5.07. The molecule has 0 bridgehead atoms. The predicted molar refractivity (Wildman–Crippen MR) is 77.6 cm³/mol. The molecule has 0 fully saturated rings. The van der Waals surface area contributed by atoms with Crippen molar-refractivity contribution in [2.24, 2.45) is 0 Å². The fraction of sp³-hybridized carbons (Fsp3) is 0.250. The predicted octanol–water partition coefficient (Wildman–Crippen LogP) is 4.28. The van der Waals surface area contributed by atoms with E-state index in [1.54, 1.807) is 6.92 Å². The molecule has 0 heterocycles. The first-order valence-corrected chi connectivity index (χ1v) is 6.60. The van der Waals surface area contributed by atoms with Crippen molar-refractivity contribution in [3.05, 3.63) is 64.2 Å². The number of benzene rings is 2. The molecule has 0 unspecified atom stereocenters. The highest BCUT2D eigenvalue weighted by atomic mass is 35.5. The van der Waals surface area contributed by atoms with Gasteiger partial charge in [0.05, 0.1) is 6.10 Å². The van der Waals surface area contributed by atoms with Crippen molar-refractivity contribution >= 4 is 11.6 Å². The largest absolute Gasteiger partial charge is 0.489 e. The zero-order chi connectivity index (χ0) is 13.8. The van der Waals surface area contributed by atoms with E-state index in [2.05, 4.69) is 0 Å². The van der Waals surface area contributed by atoms with Crippen LogP contribution in [0.1, 0.15) is 29.7 Å². The normalized spacial score (nSPS) is 12.2. The third-order valence-corrected chi connectivity index (χ3v) is 3.14. The second-order valence-electron chi connectivity index (χ2n) is 4.64. The van der Waals surface area contributed by atoms with Crippen LogP contribution in [0.25, 0.3) is 0 Å². The first kappa shape index (κ1) is 13.9. The molecule has 100 valence electrons. The molecular formula is C16H17ClO2. The lowest BCUT2D eigenvalue weighted by molar-refractivity contribution is 0.190. The number of aliphatic hydroxyl groups excluding tert-OH is 1. The average molecular weight is 277 g/mol. The van der Waals surface area contributed by atoms with Gasteiger partial charge in [0.15, 0.2) is 0 Å². The highest BCUT2D eigenvalue weighted by Gasteiger charge is 2.09. The molecule has 2 nitrogen and oxygen atoms in total. The van der Waals surface area contributed by atoms with Gasteiger partial charge in [-0.1, -0.05) is 35.9 Å². The van der Waals surface area contributed by atoms with Crippen molar-refractivity contribution in [1.29, 1.82) is 0 Å². The number of aliphatic hydroxyl groups is 1. The van der Waals surface area contributed by atoms with Crippen LogP contribution >= 0.6 is 11.6 Å². The van der Waals surface area contributed by atoms with E-state index in [1.165, 1.54) is 0 Å². The van der Waals surface area contributed by atoms with Crippen molar-refractivity contribution < 1.29 is 9.84 Å². The molecule has 0 aliphatic rings. The molecule has 1 atom stereocenters. The lowest BCUT2D eigenvalue weighted by Crippen LogP contribution is -2.01. The fourth-order valence-electron chi connectivity index (χ4n) is 1.90. The van der Waals surface area contributed by atoms with Crippen molar-refractivity contribution in [2.45, 2.75) is 26.6 Å². The fourth-order valence-corrected chi connectivity index (χ4v) is 2.11. The second kappa shape index (κ2) is 6.09. The summed E-state index contributed by atoms with van der Waals surface area (Å²) in [6.07, 6.45) is -0.546. The van der Waals surface area contributed by atoms with E-state index in [0.717, 1.165) is 22.4 Å². The number of hydrogen-bond donors (Lipinski definition) is 1. The minimum absolute atomic E-state index is 0.434. The Labute approximate surface area is 118 Å². The van der Waals surface area contributed by atoms with Crippen LogP contribution in [-0.4, -0.2) is 5.11 Å². The van der Waals surface area contributed by atoms with Gasteiger partial charge in [0.25, 0.3) is 0 Å². The molecule has 19 heavy (non-hydrogen) atoms. The Morgan fingerprint density at radius 3 is 2.68 bits per heavy atom. The van der Waals surface area contributed by atoms with Crippen LogP contribution in [0.4, 0.5) is 0 Å². The highest BCUT2D eigenvalue weighted by molar-refractivity contribution is 6.30. The number of hydrogen-bond acceptors (Lipinski definition) is 2. The number of ether oxygens (including phenoxy) is 1. The van der Waals surface area contributed by atoms with Gasteiger partial charge in [0.1, 0.15) is 12.4 Å². The summed E-state index contributed by atoms with van der Waals surface area (Å²) in [7, 11) is 0. The minimum Gasteiger partial charge on any atom is -0.489 e. The maximum Gasteiger partial charge on any atom is 0.125 e. The molecule has 0 spiro atoms. The van der Waals surface area contributed by atoms with Gasteiger partial charge in [0, 0.05) is 10.6 Å². The van der Waals surface area contributed by atoms with E-state index >= 15 is 0 Å². The Kier molecular flexibility index (Phi) is 4.46. The van der Waals surface area contributed by atoms with Crippen LogP contribution in [0, 0.1) is 6.92 Å². The zero-order valence-corrected chi connectivity index (χ0v) is 11.8. The van der Waals surface area contributed by atoms with Crippen LogP contribution in [0.15, 0.2) is 42.5 Å². The summed E-state index contributed by atoms with van der Waals surface area (Å²) in [4.78, 5) is 0. The number of rotatable bonds is 4. The molecule has 0 amide bonds. The van der Waals surface area contributed by atoms with Gasteiger partial charge < -0.3 is 9.84 Å². The van der Waals surface area contributed by atoms with Gasteiger partial charge >= 0.3 is 0 Å². The summed E-state index contributed by atoms with van der Waals surface area (Å²) in [6, 6.07) is 13.4. The molecule has 3 heteroatoms. The molecule has 2 aromatic rings. The molecule has 2 aromatic carbocycles. The molecular weight excluding hydrogens is 260 g/mol. The number of halogens is 1. The third-order valence-electron chi connectivity index (χ3n) is 2.90. The van der Waals surface area contributed by atoms with E-state index < -0.39 is 6.10 Å². The maximum absolute atomic E-state index is 9.74. The van der Waals surface area contributed by atoms with E-state index in [9.17, 15) is 5.11 Å². The van der Waals surface area contributed by atoms with Crippen LogP contribution in [0.5, 0.6) is 5.75 Å². The molecule has 0 aliphatic carbocycles. The molecule has 0 aliphatic heterocycles. The lowest BCUT2D eigenvalue weighted by atomic mass is 10.1. The van der Waals surface area contributed by atoms with E-state index in [4.69, 9.17) is 16.3 Å². The SMILES string of the molecule is Cc1ccc([C@@H](C)O)c(OCc2cccc(Cl)c2)c1. The van der Waals surface area contributed by atoms with Gasteiger partial charge in [-0.2, -0.15) is 0 Å². The third kappa shape index (κ3) is 3.72. The zero-order valence-electron chi connectivity index (χ0n) is 11.1. The van der Waals surface area contributed by atoms with Crippen LogP contribution in [0.3, 0.4) is 0 Å². The summed E-state index contributed by atoms with van der Waals surface area (Å²) < 4.78 is 5.80. The summed E-state index contributed by atoms with van der Waals surface area (Å²) in [6.45, 7) is 4.17.